The normalized spacial score (nSPS) is 16.1. The number of benzene rings is 3. The minimum Gasteiger partial charge on any atom is -0.493 e. The highest BCUT2D eigenvalue weighted by Crippen LogP contribution is 2.42. The van der Waals surface area contributed by atoms with E-state index in [1.165, 1.54) is 7.11 Å². The number of hydrogen-bond acceptors (Lipinski definition) is 7. The first-order chi connectivity index (χ1) is 16.0. The van der Waals surface area contributed by atoms with E-state index in [0.29, 0.717) is 39.9 Å². The molecule has 1 amide bonds. The van der Waals surface area contributed by atoms with Crippen molar-refractivity contribution in [3.8, 4) is 23.0 Å². The molecule has 168 valence electrons. The van der Waals surface area contributed by atoms with Crippen molar-refractivity contribution in [3.05, 3.63) is 71.8 Å². The summed E-state index contributed by atoms with van der Waals surface area (Å²) in [4.78, 5) is 26.1. The van der Waals surface area contributed by atoms with Gasteiger partial charge in [0.1, 0.15) is 6.17 Å². The zero-order chi connectivity index (χ0) is 22.9. The van der Waals surface area contributed by atoms with Gasteiger partial charge >= 0.3 is 5.97 Å². The second-order valence-corrected chi connectivity index (χ2v) is 7.40. The Morgan fingerprint density at radius 3 is 2.73 bits per heavy atom. The molecule has 9 heteroatoms. The van der Waals surface area contributed by atoms with E-state index in [4.69, 9.17) is 24.1 Å². The first kappa shape index (κ1) is 20.5. The van der Waals surface area contributed by atoms with E-state index in [0.717, 1.165) is 5.56 Å². The van der Waals surface area contributed by atoms with Crippen molar-refractivity contribution >= 4 is 23.3 Å². The molecule has 0 saturated carbocycles. The van der Waals surface area contributed by atoms with E-state index >= 15 is 0 Å². The molecule has 9 nitrogen and oxygen atoms in total. The van der Waals surface area contributed by atoms with Crippen LogP contribution in [0.2, 0.25) is 0 Å². The molecule has 3 aromatic rings. The summed E-state index contributed by atoms with van der Waals surface area (Å²) in [5.74, 6) is 0.556. The fourth-order valence-corrected chi connectivity index (χ4v) is 3.90. The van der Waals surface area contributed by atoms with Crippen LogP contribution in [0.4, 0.5) is 11.4 Å². The third-order valence-corrected chi connectivity index (χ3v) is 5.42. The molecule has 0 fully saturated rings. The van der Waals surface area contributed by atoms with Crippen LogP contribution in [0.5, 0.6) is 23.0 Å². The maximum atomic E-state index is 13.6. The van der Waals surface area contributed by atoms with Gasteiger partial charge in [0.15, 0.2) is 29.6 Å². The molecule has 2 N–H and O–H groups in total. The second-order valence-electron chi connectivity index (χ2n) is 7.40. The molecule has 5 rings (SSSR count). The Hall–Kier alpha value is -4.40. The Balaban J connectivity index is 1.58. The van der Waals surface area contributed by atoms with E-state index < -0.39 is 18.7 Å². The van der Waals surface area contributed by atoms with E-state index in [2.05, 4.69) is 5.32 Å². The van der Waals surface area contributed by atoms with Crippen LogP contribution in [0.3, 0.4) is 0 Å². The number of nitrogens with one attached hydrogen (secondary N) is 1. The van der Waals surface area contributed by atoms with Crippen LogP contribution in [-0.2, 0) is 4.79 Å². The number of para-hydroxylation sites is 1. The number of carboxylic acid groups (broad SMARTS) is 1. The predicted octanol–water partition coefficient (Wildman–Crippen LogP) is 3.66. The molecule has 33 heavy (non-hydrogen) atoms. The SMILES string of the molecule is COc1cc([C@@H]2Nc3ccccc3C(=O)N2c2ccc3c(c2)OCO3)ccc1OCC(=O)O. The first-order valence-corrected chi connectivity index (χ1v) is 10.2. The van der Waals surface area contributed by atoms with Crippen LogP contribution in [-0.4, -0.2) is 37.5 Å². The molecule has 1 atom stereocenters. The van der Waals surface area contributed by atoms with Crippen LogP contribution in [0, 0.1) is 0 Å². The smallest absolute Gasteiger partial charge is 0.341 e. The quantitative estimate of drug-likeness (QED) is 0.589. The van der Waals surface area contributed by atoms with Crippen LogP contribution >= 0.6 is 0 Å². The number of rotatable bonds is 6. The van der Waals surface area contributed by atoms with Gasteiger partial charge in [-0.3, -0.25) is 9.69 Å². The van der Waals surface area contributed by atoms with Crippen molar-refractivity contribution in [2.24, 2.45) is 0 Å². The van der Waals surface area contributed by atoms with Gasteiger partial charge in [-0.05, 0) is 42.0 Å². The Morgan fingerprint density at radius 2 is 1.91 bits per heavy atom. The number of anilines is 2. The standard InChI is InChI=1S/C24H20N2O7/c1-30-20-10-14(6-8-18(20)31-12-22(27)28)23-25-17-5-3-2-4-16(17)24(29)26(23)15-7-9-19-21(11-15)33-13-32-19/h2-11,23,25H,12-13H2,1H3,(H,27,28)/t23-/m1/s1. The molecule has 2 aliphatic heterocycles. The largest absolute Gasteiger partial charge is 0.493 e. The molecule has 0 aromatic heterocycles. The Morgan fingerprint density at radius 1 is 1.09 bits per heavy atom. The van der Waals surface area contributed by atoms with Crippen molar-refractivity contribution in [2.45, 2.75) is 6.17 Å². The van der Waals surface area contributed by atoms with Gasteiger partial charge in [-0.2, -0.15) is 0 Å². The summed E-state index contributed by atoms with van der Waals surface area (Å²) in [7, 11) is 1.47. The highest BCUT2D eigenvalue weighted by molar-refractivity contribution is 6.12. The molecule has 0 aliphatic carbocycles. The average Bonchev–Trinajstić information content (AvgIpc) is 3.30. The maximum absolute atomic E-state index is 13.6. The highest BCUT2D eigenvalue weighted by Gasteiger charge is 2.35. The van der Waals surface area contributed by atoms with Crippen molar-refractivity contribution < 1.29 is 33.6 Å². The molecule has 0 bridgehead atoms. The number of hydrogen-bond donors (Lipinski definition) is 2. The van der Waals surface area contributed by atoms with Gasteiger partial charge in [-0.1, -0.05) is 18.2 Å². The third kappa shape index (κ3) is 3.73. The number of nitrogens with zero attached hydrogens (tertiary/aromatic N) is 1. The number of carbonyl (C=O) groups is 2. The maximum Gasteiger partial charge on any atom is 0.341 e. The average molecular weight is 448 g/mol. The fourth-order valence-electron chi connectivity index (χ4n) is 3.90. The molecule has 2 heterocycles. The predicted molar refractivity (Wildman–Crippen MR) is 118 cm³/mol. The highest BCUT2D eigenvalue weighted by atomic mass is 16.7. The van der Waals surface area contributed by atoms with E-state index in [1.54, 1.807) is 47.4 Å². The second kappa shape index (κ2) is 8.27. The van der Waals surface area contributed by atoms with Crippen LogP contribution in [0.15, 0.2) is 60.7 Å². The van der Waals surface area contributed by atoms with E-state index in [9.17, 15) is 9.59 Å². The van der Waals surface area contributed by atoms with Gasteiger partial charge in [0.2, 0.25) is 6.79 Å². The zero-order valence-corrected chi connectivity index (χ0v) is 17.6. The summed E-state index contributed by atoms with van der Waals surface area (Å²) in [6, 6.07) is 17.7. The lowest BCUT2D eigenvalue weighted by molar-refractivity contribution is -0.139. The Kier molecular flexibility index (Phi) is 5.14. The molecule has 0 spiro atoms. The minimum absolute atomic E-state index is 0.131. The molecular weight excluding hydrogens is 428 g/mol. The van der Waals surface area contributed by atoms with E-state index in [-0.39, 0.29) is 12.7 Å². The van der Waals surface area contributed by atoms with Gasteiger partial charge in [-0.25, -0.2) is 4.79 Å². The molecule has 0 saturated heterocycles. The van der Waals surface area contributed by atoms with Gasteiger partial charge in [0.25, 0.3) is 5.91 Å². The fraction of sp³-hybridized carbons (Fsp3) is 0.167. The molecule has 2 aliphatic rings. The van der Waals surface area contributed by atoms with E-state index in [1.807, 2.05) is 18.2 Å². The number of ether oxygens (including phenoxy) is 4. The Labute approximate surface area is 189 Å². The topological polar surface area (TPSA) is 107 Å². The summed E-state index contributed by atoms with van der Waals surface area (Å²) in [5.41, 5.74) is 2.59. The number of amides is 1. The van der Waals surface area contributed by atoms with Crippen LogP contribution < -0.4 is 29.2 Å². The lowest BCUT2D eigenvalue weighted by Crippen LogP contribution is -2.43. The summed E-state index contributed by atoms with van der Waals surface area (Å²) in [6.45, 7) is -0.362. The number of carboxylic acids is 1. The van der Waals surface area contributed by atoms with Gasteiger partial charge in [-0.15, -0.1) is 0 Å². The molecule has 3 aromatic carbocycles. The van der Waals surface area contributed by atoms with Gasteiger partial charge in [0, 0.05) is 11.8 Å². The molecular formula is C24H20N2O7. The Bertz CT molecular complexity index is 1240. The summed E-state index contributed by atoms with van der Waals surface area (Å²) < 4.78 is 21.7. The van der Waals surface area contributed by atoms with Gasteiger partial charge in [0.05, 0.1) is 18.4 Å². The number of methoxy groups -OCH3 is 1. The minimum atomic E-state index is -1.09. The van der Waals surface area contributed by atoms with Crippen LogP contribution in [0.1, 0.15) is 22.1 Å². The lowest BCUT2D eigenvalue weighted by Gasteiger charge is -2.38. The number of aliphatic carboxylic acids is 1. The van der Waals surface area contributed by atoms with Crippen molar-refractivity contribution in [1.82, 2.24) is 0 Å². The van der Waals surface area contributed by atoms with Crippen LogP contribution in [0.25, 0.3) is 0 Å². The molecule has 0 unspecified atom stereocenters. The number of fused-ring (bicyclic) bond motifs is 2. The van der Waals surface area contributed by atoms with Crippen molar-refractivity contribution in [3.63, 3.8) is 0 Å². The first-order valence-electron chi connectivity index (χ1n) is 10.2. The van der Waals surface area contributed by atoms with Crippen molar-refractivity contribution in [2.75, 3.05) is 30.7 Å². The number of carbonyl (C=O) groups excluding carboxylic acids is 1. The summed E-state index contributed by atoms with van der Waals surface area (Å²) >= 11 is 0. The molecule has 0 radical (unpaired) electrons. The van der Waals surface area contributed by atoms with Gasteiger partial charge < -0.3 is 29.4 Å². The third-order valence-electron chi connectivity index (χ3n) is 5.42. The lowest BCUT2D eigenvalue weighted by atomic mass is 10.0. The zero-order valence-electron chi connectivity index (χ0n) is 17.6. The monoisotopic (exact) mass is 448 g/mol. The van der Waals surface area contributed by atoms with Crippen molar-refractivity contribution in [1.29, 1.82) is 0 Å². The summed E-state index contributed by atoms with van der Waals surface area (Å²) in [5, 5.41) is 12.3. The summed E-state index contributed by atoms with van der Waals surface area (Å²) in [6.07, 6.45) is -0.574.